The maximum Gasteiger partial charge on any atom is 0.317 e. The van der Waals surface area contributed by atoms with Crippen molar-refractivity contribution in [2.75, 3.05) is 38.2 Å². The van der Waals surface area contributed by atoms with Gasteiger partial charge in [0, 0.05) is 19.6 Å². The number of morpholine rings is 1. The maximum atomic E-state index is 13.4. The molecule has 0 aromatic heterocycles. The number of nitrogens with zero attached hydrogens (tertiary/aromatic N) is 2. The summed E-state index contributed by atoms with van der Waals surface area (Å²) in [5.74, 6) is -0.481. The average molecular weight is 447 g/mol. The predicted octanol–water partition coefficient (Wildman–Crippen LogP) is 2.43. The zero-order valence-electron chi connectivity index (χ0n) is 18.2. The van der Waals surface area contributed by atoms with Gasteiger partial charge in [0.15, 0.2) is 0 Å². The van der Waals surface area contributed by atoms with E-state index in [1.54, 1.807) is 21.9 Å². The Kier molecular flexibility index (Phi) is 5.83. The van der Waals surface area contributed by atoms with Gasteiger partial charge in [-0.15, -0.1) is 0 Å². The summed E-state index contributed by atoms with van der Waals surface area (Å²) in [6, 6.07) is 14.0. The first-order valence-corrected chi connectivity index (χ1v) is 11.2. The number of fused-ring (bicyclic) bond motifs is 2. The van der Waals surface area contributed by atoms with Gasteiger partial charge in [0.25, 0.3) is 5.91 Å². The van der Waals surface area contributed by atoms with E-state index < -0.39 is 12.1 Å². The van der Waals surface area contributed by atoms with Gasteiger partial charge < -0.3 is 25.2 Å². The molecule has 0 spiro atoms. The Bertz CT molecular complexity index is 1090. The van der Waals surface area contributed by atoms with Crippen LogP contribution in [0.15, 0.2) is 48.5 Å². The quantitative estimate of drug-likeness (QED) is 0.709. The SMILES string of the molecule is O=C1Nc2ccc(C=Cc3ccccc3)cc2C(=O)N2CCC(NC(=O)N3CCOCC3)C12. The van der Waals surface area contributed by atoms with Crippen LogP contribution >= 0.6 is 0 Å². The minimum absolute atomic E-state index is 0.202. The van der Waals surface area contributed by atoms with Crippen LogP contribution in [0.1, 0.15) is 27.9 Å². The van der Waals surface area contributed by atoms with Gasteiger partial charge in [-0.1, -0.05) is 48.6 Å². The first kappa shape index (κ1) is 21.2. The molecule has 0 bridgehead atoms. The van der Waals surface area contributed by atoms with Gasteiger partial charge in [-0.3, -0.25) is 9.59 Å². The summed E-state index contributed by atoms with van der Waals surface area (Å²) in [6.45, 7) is 2.45. The molecule has 4 amide bonds. The van der Waals surface area contributed by atoms with E-state index in [-0.39, 0.29) is 17.8 Å². The highest BCUT2D eigenvalue weighted by Crippen LogP contribution is 2.30. The summed E-state index contributed by atoms with van der Waals surface area (Å²) < 4.78 is 5.30. The third kappa shape index (κ3) is 4.34. The molecule has 5 rings (SSSR count). The molecule has 2 unspecified atom stereocenters. The number of anilines is 1. The van der Waals surface area contributed by atoms with Gasteiger partial charge in [-0.25, -0.2) is 4.79 Å². The number of urea groups is 1. The third-order valence-corrected chi connectivity index (χ3v) is 6.33. The van der Waals surface area contributed by atoms with Gasteiger partial charge in [-0.2, -0.15) is 0 Å². The predicted molar refractivity (Wildman–Crippen MR) is 125 cm³/mol. The van der Waals surface area contributed by atoms with Crippen molar-refractivity contribution in [1.29, 1.82) is 0 Å². The number of hydrogen-bond donors (Lipinski definition) is 2. The lowest BCUT2D eigenvalue weighted by Crippen LogP contribution is -2.55. The van der Waals surface area contributed by atoms with Crippen LogP contribution in [0.3, 0.4) is 0 Å². The molecule has 2 N–H and O–H groups in total. The summed E-state index contributed by atoms with van der Waals surface area (Å²) in [5, 5.41) is 5.87. The average Bonchev–Trinajstić information content (AvgIpc) is 3.23. The Hall–Kier alpha value is -3.65. The summed E-state index contributed by atoms with van der Waals surface area (Å²) in [4.78, 5) is 42.4. The van der Waals surface area contributed by atoms with Crippen molar-refractivity contribution in [3.05, 3.63) is 65.2 Å². The molecule has 33 heavy (non-hydrogen) atoms. The number of hydrogen-bond acceptors (Lipinski definition) is 4. The van der Waals surface area contributed by atoms with E-state index in [1.165, 1.54) is 0 Å². The van der Waals surface area contributed by atoms with E-state index in [9.17, 15) is 14.4 Å². The minimum atomic E-state index is -0.738. The first-order chi connectivity index (χ1) is 16.1. The van der Waals surface area contributed by atoms with E-state index in [2.05, 4.69) is 10.6 Å². The Morgan fingerprint density at radius 3 is 2.55 bits per heavy atom. The van der Waals surface area contributed by atoms with Gasteiger partial charge in [0.05, 0.1) is 30.5 Å². The van der Waals surface area contributed by atoms with Crippen molar-refractivity contribution < 1.29 is 19.1 Å². The van der Waals surface area contributed by atoms with Crippen molar-refractivity contribution in [2.24, 2.45) is 0 Å². The van der Waals surface area contributed by atoms with Crippen LogP contribution in [-0.4, -0.2) is 72.6 Å². The first-order valence-electron chi connectivity index (χ1n) is 11.2. The molecule has 2 aromatic carbocycles. The fourth-order valence-corrected chi connectivity index (χ4v) is 4.58. The molecule has 170 valence electrons. The van der Waals surface area contributed by atoms with Crippen LogP contribution in [0.5, 0.6) is 0 Å². The zero-order valence-corrected chi connectivity index (χ0v) is 18.2. The molecule has 3 heterocycles. The third-order valence-electron chi connectivity index (χ3n) is 6.33. The Morgan fingerprint density at radius 2 is 1.76 bits per heavy atom. The molecule has 2 atom stereocenters. The molecule has 8 nitrogen and oxygen atoms in total. The standard InChI is InChI=1S/C25H26N4O4/c30-23-22-21(27-25(32)28-12-14-33-15-13-28)10-11-29(22)24(31)19-16-18(8-9-20(19)26-23)7-6-17-4-2-1-3-5-17/h1-9,16,21-22H,10-15H2,(H,26,30)(H,27,32). The molecule has 2 saturated heterocycles. The topological polar surface area (TPSA) is 91.0 Å². The molecule has 0 saturated carbocycles. The minimum Gasteiger partial charge on any atom is -0.378 e. The second-order valence-corrected chi connectivity index (χ2v) is 8.43. The van der Waals surface area contributed by atoms with Crippen molar-refractivity contribution >= 4 is 35.7 Å². The molecule has 2 aromatic rings. The highest BCUT2D eigenvalue weighted by Gasteiger charge is 2.45. The Balaban J connectivity index is 1.35. The van der Waals surface area contributed by atoms with Gasteiger partial charge in [0.2, 0.25) is 5.91 Å². The number of carbonyl (C=O) groups excluding carboxylic acids is 3. The van der Waals surface area contributed by atoms with Crippen LogP contribution in [0.2, 0.25) is 0 Å². The normalized spacial score (nSPS) is 22.5. The van der Waals surface area contributed by atoms with Crippen molar-refractivity contribution in [3.63, 3.8) is 0 Å². The number of nitrogens with one attached hydrogen (secondary N) is 2. The largest absolute Gasteiger partial charge is 0.378 e. The molecule has 2 fully saturated rings. The zero-order chi connectivity index (χ0) is 22.8. The molecular weight excluding hydrogens is 420 g/mol. The number of ether oxygens (including phenoxy) is 1. The van der Waals surface area contributed by atoms with E-state index in [1.807, 2.05) is 48.6 Å². The van der Waals surface area contributed by atoms with Crippen molar-refractivity contribution in [3.8, 4) is 0 Å². The van der Waals surface area contributed by atoms with Crippen molar-refractivity contribution in [1.82, 2.24) is 15.1 Å². The lowest BCUT2D eigenvalue weighted by atomic mass is 10.1. The molecular formula is C25H26N4O4. The molecule has 0 radical (unpaired) electrons. The van der Waals surface area contributed by atoms with Gasteiger partial charge >= 0.3 is 6.03 Å². The number of amides is 4. The second-order valence-electron chi connectivity index (χ2n) is 8.43. The number of benzene rings is 2. The van der Waals surface area contributed by atoms with Crippen LogP contribution in [0.25, 0.3) is 12.2 Å². The van der Waals surface area contributed by atoms with E-state index in [0.717, 1.165) is 11.1 Å². The van der Waals surface area contributed by atoms with E-state index in [4.69, 9.17) is 4.74 Å². The highest BCUT2D eigenvalue weighted by atomic mass is 16.5. The van der Waals surface area contributed by atoms with E-state index >= 15 is 0 Å². The summed E-state index contributed by atoms with van der Waals surface area (Å²) in [6.07, 6.45) is 4.46. The van der Waals surface area contributed by atoms with Crippen LogP contribution in [0, 0.1) is 0 Å². The fraction of sp³-hybridized carbons (Fsp3) is 0.320. The molecule has 3 aliphatic rings. The second kappa shape index (κ2) is 9.07. The fourth-order valence-electron chi connectivity index (χ4n) is 4.58. The smallest absolute Gasteiger partial charge is 0.317 e. The molecule has 3 aliphatic heterocycles. The van der Waals surface area contributed by atoms with Gasteiger partial charge in [-0.05, 0) is 29.7 Å². The Labute approximate surface area is 192 Å². The lowest BCUT2D eigenvalue weighted by molar-refractivity contribution is -0.120. The van der Waals surface area contributed by atoms with Crippen molar-refractivity contribution in [2.45, 2.75) is 18.5 Å². The maximum absolute atomic E-state index is 13.4. The van der Waals surface area contributed by atoms with Gasteiger partial charge in [0.1, 0.15) is 6.04 Å². The number of rotatable bonds is 3. The van der Waals surface area contributed by atoms with E-state index in [0.29, 0.717) is 50.5 Å². The summed E-state index contributed by atoms with van der Waals surface area (Å²) in [5.41, 5.74) is 2.89. The lowest BCUT2D eigenvalue weighted by Gasteiger charge is -2.30. The van der Waals surface area contributed by atoms with Crippen LogP contribution in [0.4, 0.5) is 10.5 Å². The number of carbonyl (C=O) groups is 3. The van der Waals surface area contributed by atoms with Crippen LogP contribution in [-0.2, 0) is 9.53 Å². The summed E-state index contributed by atoms with van der Waals surface area (Å²) in [7, 11) is 0. The Morgan fingerprint density at radius 1 is 1.00 bits per heavy atom. The highest BCUT2D eigenvalue weighted by molar-refractivity contribution is 6.11. The molecule has 8 heteroatoms. The summed E-state index contributed by atoms with van der Waals surface area (Å²) >= 11 is 0. The molecule has 0 aliphatic carbocycles. The van der Waals surface area contributed by atoms with Crippen LogP contribution < -0.4 is 10.6 Å². The monoisotopic (exact) mass is 446 g/mol.